The Bertz CT molecular complexity index is 345. The largest absolute Gasteiger partial charge is 0.481 e. The van der Waals surface area contributed by atoms with Gasteiger partial charge in [-0.1, -0.05) is 30.3 Å². The van der Waals surface area contributed by atoms with Crippen molar-refractivity contribution in [3.8, 4) is 0 Å². The van der Waals surface area contributed by atoms with Gasteiger partial charge in [0.15, 0.2) is 5.92 Å². The van der Waals surface area contributed by atoms with Gasteiger partial charge in [-0.15, -0.1) is 0 Å². The van der Waals surface area contributed by atoms with Crippen LogP contribution in [-0.2, 0) is 20.9 Å². The van der Waals surface area contributed by atoms with Crippen LogP contribution in [0.3, 0.4) is 0 Å². The number of carbonyl (C=O) groups excluding carboxylic acids is 1. The van der Waals surface area contributed by atoms with Crippen LogP contribution in [0.25, 0.3) is 0 Å². The second kappa shape index (κ2) is 5.14. The lowest BCUT2D eigenvalue weighted by molar-refractivity contribution is -0.158. The number of esters is 1. The van der Waals surface area contributed by atoms with E-state index in [1.54, 1.807) is 12.1 Å². The number of carboxylic acid groups (broad SMARTS) is 1. The molecule has 0 bridgehead atoms. The Morgan fingerprint density at radius 2 is 1.93 bits per heavy atom. The molecule has 1 aromatic carbocycles. The van der Waals surface area contributed by atoms with Crippen molar-refractivity contribution in [3.63, 3.8) is 0 Å². The molecule has 1 atom stereocenters. The third-order valence-corrected chi connectivity index (χ3v) is 1.95. The summed E-state index contributed by atoms with van der Waals surface area (Å²) in [5.41, 5.74) is 0.837. The van der Waals surface area contributed by atoms with Gasteiger partial charge in [0, 0.05) is 0 Å². The number of rotatable bonds is 4. The van der Waals surface area contributed by atoms with Crippen LogP contribution in [0.1, 0.15) is 12.5 Å². The third-order valence-electron chi connectivity index (χ3n) is 1.95. The van der Waals surface area contributed by atoms with Gasteiger partial charge in [0.1, 0.15) is 6.61 Å². The van der Waals surface area contributed by atoms with Crippen molar-refractivity contribution < 1.29 is 19.4 Å². The lowest BCUT2D eigenvalue weighted by Gasteiger charge is -2.07. The molecule has 0 unspecified atom stereocenters. The van der Waals surface area contributed by atoms with Gasteiger partial charge < -0.3 is 9.84 Å². The van der Waals surface area contributed by atoms with E-state index >= 15 is 0 Å². The van der Waals surface area contributed by atoms with Crippen molar-refractivity contribution in [2.45, 2.75) is 13.5 Å². The van der Waals surface area contributed by atoms with Crippen molar-refractivity contribution in [2.75, 3.05) is 0 Å². The Hall–Kier alpha value is -1.84. The van der Waals surface area contributed by atoms with E-state index in [0.29, 0.717) is 0 Å². The topological polar surface area (TPSA) is 63.6 Å². The molecule has 1 aromatic rings. The molecule has 0 saturated carbocycles. The SMILES string of the molecule is C[C@H](C(=O)O)C(=O)OCc1ccccc1. The molecule has 0 aliphatic carbocycles. The molecule has 1 N–H and O–H groups in total. The molecule has 0 spiro atoms. The molecule has 0 aromatic heterocycles. The van der Waals surface area contributed by atoms with Crippen LogP contribution in [0.15, 0.2) is 30.3 Å². The van der Waals surface area contributed by atoms with Gasteiger partial charge in [0.2, 0.25) is 0 Å². The summed E-state index contributed by atoms with van der Waals surface area (Å²) in [6, 6.07) is 9.11. The molecule has 0 radical (unpaired) electrons. The van der Waals surface area contributed by atoms with E-state index in [1.807, 2.05) is 18.2 Å². The fraction of sp³-hybridized carbons (Fsp3) is 0.273. The quantitative estimate of drug-likeness (QED) is 0.600. The number of hydrogen-bond acceptors (Lipinski definition) is 3. The van der Waals surface area contributed by atoms with E-state index in [1.165, 1.54) is 6.92 Å². The van der Waals surface area contributed by atoms with Crippen LogP contribution in [0.4, 0.5) is 0 Å². The summed E-state index contributed by atoms with van der Waals surface area (Å²) >= 11 is 0. The Balaban J connectivity index is 2.44. The number of aliphatic carboxylic acids is 1. The summed E-state index contributed by atoms with van der Waals surface area (Å²) in [6.45, 7) is 1.41. The number of benzene rings is 1. The maximum atomic E-state index is 11.2. The van der Waals surface area contributed by atoms with Crippen molar-refractivity contribution in [1.29, 1.82) is 0 Å². The minimum absolute atomic E-state index is 0.108. The van der Waals surface area contributed by atoms with Crippen LogP contribution in [0, 0.1) is 5.92 Å². The molecule has 0 aliphatic heterocycles. The highest BCUT2D eigenvalue weighted by molar-refractivity contribution is 5.93. The first-order valence-corrected chi connectivity index (χ1v) is 4.54. The standard InChI is InChI=1S/C11H12O4/c1-8(10(12)13)11(14)15-7-9-5-3-2-4-6-9/h2-6,8H,7H2,1H3,(H,12,13)/t8-/m1/s1. The summed E-state index contributed by atoms with van der Waals surface area (Å²) in [4.78, 5) is 21.6. The van der Waals surface area contributed by atoms with Crippen LogP contribution in [0.5, 0.6) is 0 Å². The molecule has 0 saturated heterocycles. The van der Waals surface area contributed by atoms with E-state index in [0.717, 1.165) is 5.56 Å². The summed E-state index contributed by atoms with van der Waals surface area (Å²) in [7, 11) is 0. The average molecular weight is 208 g/mol. The number of carboxylic acids is 1. The maximum absolute atomic E-state index is 11.2. The predicted octanol–water partition coefficient (Wildman–Crippen LogP) is 1.45. The second-order valence-electron chi connectivity index (χ2n) is 3.15. The van der Waals surface area contributed by atoms with Crippen LogP contribution < -0.4 is 0 Å². The third kappa shape index (κ3) is 3.42. The normalized spacial score (nSPS) is 11.8. The predicted molar refractivity (Wildman–Crippen MR) is 53.0 cm³/mol. The van der Waals surface area contributed by atoms with E-state index in [-0.39, 0.29) is 6.61 Å². The molecule has 80 valence electrons. The summed E-state index contributed by atoms with van der Waals surface area (Å²) < 4.78 is 4.83. The highest BCUT2D eigenvalue weighted by Gasteiger charge is 2.21. The highest BCUT2D eigenvalue weighted by atomic mass is 16.5. The van der Waals surface area contributed by atoms with Gasteiger partial charge in [0.05, 0.1) is 0 Å². The van der Waals surface area contributed by atoms with E-state index in [2.05, 4.69) is 0 Å². The lowest BCUT2D eigenvalue weighted by atomic mass is 10.2. The summed E-state index contributed by atoms with van der Waals surface area (Å²) in [5, 5.41) is 8.55. The lowest BCUT2D eigenvalue weighted by Crippen LogP contribution is -2.22. The monoisotopic (exact) mass is 208 g/mol. The molecule has 0 aliphatic rings. The minimum atomic E-state index is -1.17. The van der Waals surface area contributed by atoms with Gasteiger partial charge in [-0.25, -0.2) is 0 Å². The van der Waals surface area contributed by atoms with Gasteiger partial charge >= 0.3 is 11.9 Å². The van der Waals surface area contributed by atoms with Gasteiger partial charge in [0.25, 0.3) is 0 Å². The second-order valence-corrected chi connectivity index (χ2v) is 3.15. The van der Waals surface area contributed by atoms with Crippen LogP contribution >= 0.6 is 0 Å². The van der Waals surface area contributed by atoms with E-state index in [9.17, 15) is 9.59 Å². The van der Waals surface area contributed by atoms with Gasteiger partial charge in [-0.3, -0.25) is 9.59 Å². The molecular weight excluding hydrogens is 196 g/mol. The zero-order valence-corrected chi connectivity index (χ0v) is 8.34. The molecule has 1 rings (SSSR count). The molecule has 4 heteroatoms. The minimum Gasteiger partial charge on any atom is -0.481 e. The first-order chi connectivity index (χ1) is 7.11. The zero-order valence-electron chi connectivity index (χ0n) is 8.34. The first-order valence-electron chi connectivity index (χ1n) is 4.54. The van der Waals surface area contributed by atoms with Crippen molar-refractivity contribution in [1.82, 2.24) is 0 Å². The van der Waals surface area contributed by atoms with Crippen molar-refractivity contribution in [2.24, 2.45) is 5.92 Å². The molecule has 0 amide bonds. The maximum Gasteiger partial charge on any atom is 0.320 e. The molecule has 0 fully saturated rings. The van der Waals surface area contributed by atoms with Gasteiger partial charge in [-0.2, -0.15) is 0 Å². The van der Waals surface area contributed by atoms with Crippen LogP contribution in [0.2, 0.25) is 0 Å². The fourth-order valence-corrected chi connectivity index (χ4v) is 0.955. The van der Waals surface area contributed by atoms with Gasteiger partial charge in [-0.05, 0) is 12.5 Å². The average Bonchev–Trinajstić information content (AvgIpc) is 2.26. The highest BCUT2D eigenvalue weighted by Crippen LogP contribution is 2.04. The smallest absolute Gasteiger partial charge is 0.320 e. The number of hydrogen-bond donors (Lipinski definition) is 1. The first kappa shape index (κ1) is 11.2. The summed E-state index contributed by atoms with van der Waals surface area (Å²) in [5.74, 6) is -3.01. The fourth-order valence-electron chi connectivity index (χ4n) is 0.955. The van der Waals surface area contributed by atoms with Crippen molar-refractivity contribution in [3.05, 3.63) is 35.9 Å². The molecule has 15 heavy (non-hydrogen) atoms. The summed E-state index contributed by atoms with van der Waals surface area (Å²) in [6.07, 6.45) is 0. The number of carbonyl (C=O) groups is 2. The van der Waals surface area contributed by atoms with Crippen molar-refractivity contribution >= 4 is 11.9 Å². The molecular formula is C11H12O4. The Morgan fingerprint density at radius 3 is 2.47 bits per heavy atom. The Morgan fingerprint density at radius 1 is 1.33 bits per heavy atom. The Labute approximate surface area is 87.5 Å². The molecule has 4 nitrogen and oxygen atoms in total. The van der Waals surface area contributed by atoms with E-state index < -0.39 is 17.9 Å². The zero-order chi connectivity index (χ0) is 11.3. The van der Waals surface area contributed by atoms with E-state index in [4.69, 9.17) is 9.84 Å². The number of ether oxygens (including phenoxy) is 1. The van der Waals surface area contributed by atoms with Crippen LogP contribution in [-0.4, -0.2) is 17.0 Å². The Kier molecular flexibility index (Phi) is 3.85. The molecule has 0 heterocycles.